The molecule has 0 aliphatic heterocycles. The molecule has 0 spiro atoms. The van der Waals surface area contributed by atoms with Crippen molar-refractivity contribution in [2.45, 2.75) is 37.2 Å². The lowest BCUT2D eigenvalue weighted by atomic mass is 10.0. The van der Waals surface area contributed by atoms with E-state index >= 15 is 0 Å². The lowest BCUT2D eigenvalue weighted by Gasteiger charge is -2.12. The van der Waals surface area contributed by atoms with Gasteiger partial charge in [0.05, 0.1) is 16.7 Å². The van der Waals surface area contributed by atoms with E-state index in [1.165, 1.54) is 4.40 Å². The first-order valence-electron chi connectivity index (χ1n) is 8.19. The number of halogens is 4. The molecule has 2 heterocycles. The van der Waals surface area contributed by atoms with Crippen molar-refractivity contribution < 1.29 is 18.3 Å². The topological polar surface area (TPSA) is 50.4 Å². The van der Waals surface area contributed by atoms with Crippen LogP contribution in [0.3, 0.4) is 0 Å². The highest BCUT2D eigenvalue weighted by atomic mass is 35.5. The fraction of sp³-hybridized carbons (Fsp3) is 0.333. The first-order chi connectivity index (χ1) is 12.7. The number of rotatable bonds is 5. The van der Waals surface area contributed by atoms with Gasteiger partial charge in [-0.25, -0.2) is 0 Å². The van der Waals surface area contributed by atoms with Crippen molar-refractivity contribution in [3.63, 3.8) is 0 Å². The van der Waals surface area contributed by atoms with Crippen LogP contribution < -0.4 is 0 Å². The SMILES string of the molecule is CC(C)c1ccc([C@@H](O)CSc2nnc3c(Cl)cc(C(F)(F)F)cn23)cc1. The van der Waals surface area contributed by atoms with Crippen molar-refractivity contribution in [1.29, 1.82) is 0 Å². The summed E-state index contributed by atoms with van der Waals surface area (Å²) in [7, 11) is 0. The van der Waals surface area contributed by atoms with Crippen molar-refractivity contribution in [2.75, 3.05) is 5.75 Å². The fourth-order valence-corrected chi connectivity index (χ4v) is 3.66. The second-order valence-electron chi connectivity index (χ2n) is 6.40. The predicted octanol–water partition coefficient (Wildman–Crippen LogP) is 5.35. The molecule has 144 valence electrons. The van der Waals surface area contributed by atoms with Crippen molar-refractivity contribution in [3.8, 4) is 0 Å². The van der Waals surface area contributed by atoms with E-state index in [1.54, 1.807) is 0 Å². The number of hydrogen-bond donors (Lipinski definition) is 1. The second kappa shape index (κ2) is 7.69. The summed E-state index contributed by atoms with van der Waals surface area (Å²) in [6.07, 6.45) is -4.40. The van der Waals surface area contributed by atoms with Crippen LogP contribution in [0.5, 0.6) is 0 Å². The quantitative estimate of drug-likeness (QED) is 0.570. The first-order valence-corrected chi connectivity index (χ1v) is 9.55. The summed E-state index contributed by atoms with van der Waals surface area (Å²) in [5.74, 6) is 0.607. The number of aliphatic hydroxyl groups excluding tert-OH is 1. The Morgan fingerprint density at radius 1 is 1.15 bits per heavy atom. The van der Waals surface area contributed by atoms with Crippen LogP contribution in [0.25, 0.3) is 5.65 Å². The van der Waals surface area contributed by atoms with Crippen LogP contribution in [0.15, 0.2) is 41.7 Å². The number of hydrogen-bond acceptors (Lipinski definition) is 4. The molecule has 0 saturated carbocycles. The predicted molar refractivity (Wildman–Crippen MR) is 99.2 cm³/mol. The number of benzene rings is 1. The Morgan fingerprint density at radius 2 is 1.78 bits per heavy atom. The van der Waals surface area contributed by atoms with Crippen LogP contribution in [0, 0.1) is 0 Å². The van der Waals surface area contributed by atoms with Gasteiger partial charge in [-0.1, -0.05) is 61.5 Å². The Balaban J connectivity index is 1.79. The lowest BCUT2D eigenvalue weighted by Crippen LogP contribution is -2.07. The zero-order valence-electron chi connectivity index (χ0n) is 14.5. The highest BCUT2D eigenvalue weighted by Crippen LogP contribution is 2.34. The standard InChI is InChI=1S/C18H17ClF3N3OS/c1-10(2)11-3-5-12(6-4-11)15(26)9-27-17-24-23-16-14(19)7-13(8-25(16)17)18(20,21)22/h3-8,10,15,26H,9H2,1-2H3/t15-/m0/s1. The van der Waals surface area contributed by atoms with Gasteiger partial charge in [0.25, 0.3) is 0 Å². The van der Waals surface area contributed by atoms with Crippen LogP contribution in [0.4, 0.5) is 13.2 Å². The molecule has 0 aliphatic rings. The van der Waals surface area contributed by atoms with E-state index in [0.717, 1.165) is 35.2 Å². The van der Waals surface area contributed by atoms with Crippen LogP contribution in [-0.4, -0.2) is 25.5 Å². The summed E-state index contributed by atoms with van der Waals surface area (Å²) in [6.45, 7) is 4.16. The summed E-state index contributed by atoms with van der Waals surface area (Å²) in [5, 5.41) is 18.2. The summed E-state index contributed by atoms with van der Waals surface area (Å²) in [5.41, 5.74) is 1.15. The van der Waals surface area contributed by atoms with E-state index in [1.807, 2.05) is 24.3 Å². The highest BCUT2D eigenvalue weighted by Gasteiger charge is 2.32. The van der Waals surface area contributed by atoms with Gasteiger partial charge >= 0.3 is 6.18 Å². The van der Waals surface area contributed by atoms with Gasteiger partial charge in [0.15, 0.2) is 10.8 Å². The molecule has 0 unspecified atom stereocenters. The van der Waals surface area contributed by atoms with Crippen molar-refractivity contribution in [2.24, 2.45) is 0 Å². The molecule has 0 fully saturated rings. The van der Waals surface area contributed by atoms with Gasteiger partial charge in [-0.05, 0) is 23.1 Å². The van der Waals surface area contributed by atoms with Crippen LogP contribution in [0.1, 0.15) is 42.6 Å². The van der Waals surface area contributed by atoms with Crippen LogP contribution in [-0.2, 0) is 6.18 Å². The molecule has 0 bridgehead atoms. The van der Waals surface area contributed by atoms with Gasteiger partial charge in [0.1, 0.15) is 0 Å². The summed E-state index contributed by atoms with van der Waals surface area (Å²) >= 11 is 7.01. The third-order valence-electron chi connectivity index (χ3n) is 4.11. The largest absolute Gasteiger partial charge is 0.417 e. The molecule has 0 radical (unpaired) electrons. The van der Waals surface area contributed by atoms with E-state index in [2.05, 4.69) is 24.0 Å². The molecule has 0 aliphatic carbocycles. The van der Waals surface area contributed by atoms with Crippen molar-refractivity contribution in [1.82, 2.24) is 14.6 Å². The molecule has 4 nitrogen and oxygen atoms in total. The zero-order chi connectivity index (χ0) is 19.8. The number of alkyl halides is 3. The smallest absolute Gasteiger partial charge is 0.388 e. The van der Waals surface area contributed by atoms with E-state index < -0.39 is 17.8 Å². The summed E-state index contributed by atoms with van der Waals surface area (Å²) in [6, 6.07) is 8.43. The Morgan fingerprint density at radius 3 is 2.37 bits per heavy atom. The number of aromatic nitrogens is 3. The molecule has 0 saturated heterocycles. The average Bonchev–Trinajstić information content (AvgIpc) is 3.02. The maximum Gasteiger partial charge on any atom is 0.417 e. The van der Waals surface area contributed by atoms with Crippen LogP contribution in [0.2, 0.25) is 5.02 Å². The fourth-order valence-electron chi connectivity index (χ4n) is 2.54. The molecular weight excluding hydrogens is 399 g/mol. The first kappa shape index (κ1) is 20.0. The Bertz CT molecular complexity index is 941. The third-order valence-corrected chi connectivity index (χ3v) is 5.41. The Kier molecular flexibility index (Phi) is 5.69. The zero-order valence-corrected chi connectivity index (χ0v) is 16.1. The van der Waals surface area contributed by atoms with Gasteiger partial charge in [-0.3, -0.25) is 4.40 Å². The summed E-state index contributed by atoms with van der Waals surface area (Å²) < 4.78 is 40.2. The monoisotopic (exact) mass is 415 g/mol. The molecule has 0 amide bonds. The number of aliphatic hydroxyl groups is 1. The average molecular weight is 416 g/mol. The molecule has 1 aromatic carbocycles. The summed E-state index contributed by atoms with van der Waals surface area (Å²) in [4.78, 5) is 0. The molecule has 1 atom stereocenters. The maximum atomic E-state index is 13.0. The van der Waals surface area contributed by atoms with E-state index in [9.17, 15) is 18.3 Å². The third kappa shape index (κ3) is 4.39. The molecule has 27 heavy (non-hydrogen) atoms. The lowest BCUT2D eigenvalue weighted by molar-refractivity contribution is -0.137. The minimum Gasteiger partial charge on any atom is -0.388 e. The van der Waals surface area contributed by atoms with Crippen molar-refractivity contribution in [3.05, 3.63) is 58.2 Å². The molecule has 3 rings (SSSR count). The molecule has 3 aromatic rings. The van der Waals surface area contributed by atoms with Gasteiger partial charge in [-0.2, -0.15) is 13.2 Å². The number of pyridine rings is 1. The second-order valence-corrected chi connectivity index (χ2v) is 7.79. The molecule has 9 heteroatoms. The number of nitrogens with zero attached hydrogens (tertiary/aromatic N) is 3. The highest BCUT2D eigenvalue weighted by molar-refractivity contribution is 7.99. The Hall–Kier alpha value is -1.77. The normalized spacial score (nSPS) is 13.5. The van der Waals surface area contributed by atoms with E-state index in [4.69, 9.17) is 11.6 Å². The van der Waals surface area contributed by atoms with Gasteiger partial charge in [-0.15, -0.1) is 10.2 Å². The minimum atomic E-state index is -4.53. The van der Waals surface area contributed by atoms with Gasteiger partial charge in [0, 0.05) is 11.9 Å². The molecule has 1 N–H and O–H groups in total. The van der Waals surface area contributed by atoms with Gasteiger partial charge < -0.3 is 5.11 Å². The number of fused-ring (bicyclic) bond motifs is 1. The maximum absolute atomic E-state index is 13.0. The molecular formula is C18H17ClF3N3OS. The van der Waals surface area contributed by atoms with Gasteiger partial charge in [0.2, 0.25) is 0 Å². The number of thioether (sulfide) groups is 1. The Labute approximate surface area is 163 Å². The van der Waals surface area contributed by atoms with E-state index in [0.29, 0.717) is 5.92 Å². The van der Waals surface area contributed by atoms with E-state index in [-0.39, 0.29) is 21.6 Å². The van der Waals surface area contributed by atoms with Crippen molar-refractivity contribution >= 4 is 29.0 Å². The minimum absolute atomic E-state index is 0.131. The van der Waals surface area contributed by atoms with Crippen LogP contribution >= 0.6 is 23.4 Å². The molecule has 2 aromatic heterocycles.